The van der Waals surface area contributed by atoms with Gasteiger partial charge in [-0.05, 0) is 44.4 Å². The second-order valence-electron chi connectivity index (χ2n) is 4.45. The van der Waals surface area contributed by atoms with E-state index in [0.29, 0.717) is 12.7 Å². The lowest BCUT2D eigenvalue weighted by molar-refractivity contribution is 0.104. The van der Waals surface area contributed by atoms with Crippen molar-refractivity contribution in [1.82, 2.24) is 0 Å². The summed E-state index contributed by atoms with van der Waals surface area (Å²) in [6, 6.07) is 6.16. The van der Waals surface area contributed by atoms with Crippen LogP contribution in [0.3, 0.4) is 0 Å². The quantitative estimate of drug-likeness (QED) is 0.682. The van der Waals surface area contributed by atoms with Gasteiger partial charge in [-0.15, -0.1) is 0 Å². The molecule has 18 heavy (non-hydrogen) atoms. The molecule has 0 radical (unpaired) electrons. The third-order valence-corrected chi connectivity index (χ3v) is 4.46. The van der Waals surface area contributed by atoms with Crippen LogP contribution in [0.4, 0.5) is 0 Å². The Morgan fingerprint density at radius 3 is 3.00 bits per heavy atom. The van der Waals surface area contributed by atoms with Crippen molar-refractivity contribution in [1.29, 1.82) is 0 Å². The number of rotatable bonds is 5. The molecule has 0 aromatic heterocycles. The van der Waals surface area contributed by atoms with Crippen LogP contribution in [-0.4, -0.2) is 19.3 Å². The Labute approximate surface area is 125 Å². The molecular weight excluding hydrogens is 360 g/mol. The first kappa shape index (κ1) is 14.4. The predicted molar refractivity (Wildman–Crippen MR) is 80.6 cm³/mol. The van der Waals surface area contributed by atoms with E-state index in [1.807, 2.05) is 19.1 Å². The smallest absolute Gasteiger partial charge is 0.123 e. The fourth-order valence-corrected chi connectivity index (χ4v) is 3.39. The molecule has 2 atom stereocenters. The Balaban J connectivity index is 2.11. The van der Waals surface area contributed by atoms with Crippen molar-refractivity contribution >= 4 is 31.9 Å². The first-order valence-corrected chi connectivity index (χ1v) is 8.09. The number of benzene rings is 1. The Morgan fingerprint density at radius 1 is 1.50 bits per heavy atom. The molecule has 100 valence electrons. The van der Waals surface area contributed by atoms with Crippen LogP contribution in [0.15, 0.2) is 22.7 Å². The van der Waals surface area contributed by atoms with Gasteiger partial charge in [-0.2, -0.15) is 0 Å². The molecule has 0 saturated carbocycles. The van der Waals surface area contributed by atoms with Crippen LogP contribution in [0.2, 0.25) is 0 Å². The first-order valence-electron chi connectivity index (χ1n) is 6.38. The Hall–Kier alpha value is -0.0600. The molecule has 0 amide bonds. The van der Waals surface area contributed by atoms with E-state index < -0.39 is 0 Å². The average Bonchev–Trinajstić information content (AvgIpc) is 2.84. The summed E-state index contributed by atoms with van der Waals surface area (Å²) in [5.74, 6) is 0.959. The molecule has 2 unspecified atom stereocenters. The van der Waals surface area contributed by atoms with E-state index >= 15 is 0 Å². The zero-order chi connectivity index (χ0) is 13.0. The second-order valence-corrected chi connectivity index (χ2v) is 6.47. The largest absolute Gasteiger partial charge is 0.494 e. The monoisotopic (exact) mass is 376 g/mol. The highest BCUT2D eigenvalue weighted by atomic mass is 79.9. The highest BCUT2D eigenvalue weighted by molar-refractivity contribution is 9.10. The molecule has 4 heteroatoms. The average molecular weight is 378 g/mol. The van der Waals surface area contributed by atoms with E-state index in [9.17, 15) is 0 Å². The molecule has 2 rings (SSSR count). The molecule has 1 aliphatic heterocycles. The van der Waals surface area contributed by atoms with Gasteiger partial charge in [0.15, 0.2) is 0 Å². The van der Waals surface area contributed by atoms with Gasteiger partial charge in [0.2, 0.25) is 0 Å². The van der Waals surface area contributed by atoms with Crippen LogP contribution in [0.25, 0.3) is 0 Å². The van der Waals surface area contributed by atoms with E-state index in [0.717, 1.165) is 23.2 Å². The molecule has 0 bridgehead atoms. The summed E-state index contributed by atoms with van der Waals surface area (Å²) in [6.45, 7) is 3.60. The maximum absolute atomic E-state index is 5.69. The predicted octanol–water partition coefficient (Wildman–Crippen LogP) is 4.85. The van der Waals surface area contributed by atoms with Crippen LogP contribution in [-0.2, 0) is 4.74 Å². The van der Waals surface area contributed by atoms with Gasteiger partial charge in [-0.25, -0.2) is 0 Å². The lowest BCUT2D eigenvalue weighted by atomic mass is 10.0. The number of ether oxygens (including phenoxy) is 2. The molecule has 2 nitrogen and oxygen atoms in total. The summed E-state index contributed by atoms with van der Waals surface area (Å²) in [6.07, 6.45) is 3.72. The summed E-state index contributed by atoms with van der Waals surface area (Å²) < 4.78 is 12.5. The SMILES string of the molecule is CCOc1ccc(Br)cc1C(Br)CC1CCCO1. The molecule has 1 aromatic carbocycles. The fraction of sp³-hybridized carbons (Fsp3) is 0.571. The summed E-state index contributed by atoms with van der Waals surface area (Å²) in [5.41, 5.74) is 1.20. The zero-order valence-corrected chi connectivity index (χ0v) is 13.7. The summed E-state index contributed by atoms with van der Waals surface area (Å²) in [4.78, 5) is 0.277. The number of hydrogen-bond acceptors (Lipinski definition) is 2. The summed E-state index contributed by atoms with van der Waals surface area (Å²) in [5, 5.41) is 0. The van der Waals surface area contributed by atoms with Gasteiger partial charge >= 0.3 is 0 Å². The minimum absolute atomic E-state index is 0.277. The number of halogens is 2. The number of hydrogen-bond donors (Lipinski definition) is 0. The summed E-state index contributed by atoms with van der Waals surface area (Å²) >= 11 is 7.29. The van der Waals surface area contributed by atoms with E-state index in [-0.39, 0.29) is 4.83 Å². The summed E-state index contributed by atoms with van der Waals surface area (Å²) in [7, 11) is 0. The van der Waals surface area contributed by atoms with Crippen LogP contribution in [0.1, 0.15) is 36.6 Å². The lowest BCUT2D eigenvalue weighted by Crippen LogP contribution is -2.09. The van der Waals surface area contributed by atoms with E-state index in [2.05, 4.69) is 37.9 Å². The van der Waals surface area contributed by atoms with Crippen molar-refractivity contribution in [2.24, 2.45) is 0 Å². The number of alkyl halides is 1. The van der Waals surface area contributed by atoms with Crippen LogP contribution in [0.5, 0.6) is 5.75 Å². The molecule has 1 saturated heterocycles. The van der Waals surface area contributed by atoms with Gasteiger partial charge in [0.25, 0.3) is 0 Å². The highest BCUT2D eigenvalue weighted by Crippen LogP contribution is 2.38. The topological polar surface area (TPSA) is 18.5 Å². The van der Waals surface area contributed by atoms with Crippen molar-refractivity contribution in [3.63, 3.8) is 0 Å². The minimum atomic E-state index is 0.277. The van der Waals surface area contributed by atoms with Crippen molar-refractivity contribution in [3.8, 4) is 5.75 Å². The van der Waals surface area contributed by atoms with Crippen molar-refractivity contribution < 1.29 is 9.47 Å². The van der Waals surface area contributed by atoms with Crippen molar-refractivity contribution in [2.75, 3.05) is 13.2 Å². The second kappa shape index (κ2) is 6.92. The minimum Gasteiger partial charge on any atom is -0.494 e. The molecule has 1 heterocycles. The fourth-order valence-electron chi connectivity index (χ4n) is 2.24. The Morgan fingerprint density at radius 2 is 2.33 bits per heavy atom. The first-order chi connectivity index (χ1) is 8.70. The standard InChI is InChI=1S/C14H18Br2O2/c1-2-17-14-6-5-10(15)8-12(14)13(16)9-11-4-3-7-18-11/h5-6,8,11,13H,2-4,7,9H2,1H3. The maximum Gasteiger partial charge on any atom is 0.123 e. The Bertz CT molecular complexity index is 389. The van der Waals surface area contributed by atoms with Crippen LogP contribution < -0.4 is 4.74 Å². The molecule has 1 aromatic rings. The van der Waals surface area contributed by atoms with Gasteiger partial charge in [0.05, 0.1) is 12.7 Å². The van der Waals surface area contributed by atoms with E-state index in [1.165, 1.54) is 18.4 Å². The van der Waals surface area contributed by atoms with Gasteiger partial charge in [-0.3, -0.25) is 0 Å². The Kier molecular flexibility index (Phi) is 5.52. The van der Waals surface area contributed by atoms with E-state index in [4.69, 9.17) is 9.47 Å². The van der Waals surface area contributed by atoms with Crippen molar-refractivity contribution in [2.45, 2.75) is 37.1 Å². The highest BCUT2D eigenvalue weighted by Gasteiger charge is 2.22. The molecule has 1 fully saturated rings. The molecule has 0 spiro atoms. The molecule has 0 aliphatic carbocycles. The lowest BCUT2D eigenvalue weighted by Gasteiger charge is -2.18. The third-order valence-electron chi connectivity index (χ3n) is 3.10. The normalized spacial score (nSPS) is 20.9. The molecule has 1 aliphatic rings. The molecular formula is C14H18Br2O2. The third kappa shape index (κ3) is 3.72. The van der Waals surface area contributed by atoms with Gasteiger partial charge < -0.3 is 9.47 Å². The van der Waals surface area contributed by atoms with Crippen LogP contribution >= 0.6 is 31.9 Å². The molecule has 0 N–H and O–H groups in total. The van der Waals surface area contributed by atoms with Crippen molar-refractivity contribution in [3.05, 3.63) is 28.2 Å². The van der Waals surface area contributed by atoms with Crippen LogP contribution in [0, 0.1) is 0 Å². The maximum atomic E-state index is 5.69. The zero-order valence-electron chi connectivity index (χ0n) is 10.5. The van der Waals surface area contributed by atoms with E-state index in [1.54, 1.807) is 0 Å². The van der Waals surface area contributed by atoms with Gasteiger partial charge in [0, 0.05) is 21.5 Å². The van der Waals surface area contributed by atoms with Gasteiger partial charge in [0.1, 0.15) is 5.75 Å². The van der Waals surface area contributed by atoms with Gasteiger partial charge in [-0.1, -0.05) is 31.9 Å².